The van der Waals surface area contributed by atoms with E-state index < -0.39 is 0 Å². The average Bonchev–Trinajstić information content (AvgIpc) is 2.27. The van der Waals surface area contributed by atoms with Crippen molar-refractivity contribution < 1.29 is 14.0 Å². The van der Waals surface area contributed by atoms with Crippen LogP contribution in [0.3, 0.4) is 0 Å². The molecule has 0 aromatic heterocycles. The van der Waals surface area contributed by atoms with Gasteiger partial charge < -0.3 is 0 Å². The van der Waals surface area contributed by atoms with Crippen LogP contribution >= 0.6 is 15.9 Å². The second kappa shape index (κ2) is 4.96. The predicted octanol–water partition coefficient (Wildman–Crippen LogP) is 2.18. The van der Waals surface area contributed by atoms with Gasteiger partial charge in [-0.05, 0) is 46.5 Å². The third-order valence-electron chi connectivity index (χ3n) is 2.82. The molecule has 2 amide bonds. The highest BCUT2D eigenvalue weighted by Crippen LogP contribution is 2.22. The third-order valence-corrected chi connectivity index (χ3v) is 3.43. The van der Waals surface area contributed by atoms with E-state index in [1.807, 2.05) is 0 Å². The first-order valence-corrected chi connectivity index (χ1v) is 6.13. The first-order chi connectivity index (χ1) is 8.06. The van der Waals surface area contributed by atoms with Crippen LogP contribution in [0.25, 0.3) is 0 Å². The van der Waals surface area contributed by atoms with Crippen LogP contribution in [0.5, 0.6) is 0 Å². The van der Waals surface area contributed by atoms with Crippen molar-refractivity contribution in [3.8, 4) is 0 Å². The van der Waals surface area contributed by atoms with Crippen molar-refractivity contribution in [2.24, 2.45) is 5.92 Å². The molecule has 1 atom stereocenters. The molecular weight excluding hydrogens is 289 g/mol. The van der Waals surface area contributed by atoms with Gasteiger partial charge in [0.1, 0.15) is 5.82 Å². The first kappa shape index (κ1) is 12.2. The topological polar surface area (TPSA) is 46.2 Å². The molecule has 0 bridgehead atoms. The summed E-state index contributed by atoms with van der Waals surface area (Å²) in [6.45, 7) is 0. The Balaban J connectivity index is 2.08. The summed E-state index contributed by atoms with van der Waals surface area (Å²) in [5.74, 6) is -0.977. The van der Waals surface area contributed by atoms with E-state index in [4.69, 9.17) is 0 Å². The van der Waals surface area contributed by atoms with Crippen molar-refractivity contribution in [3.63, 3.8) is 0 Å². The lowest BCUT2D eigenvalue weighted by Crippen LogP contribution is -2.41. The van der Waals surface area contributed by atoms with Crippen LogP contribution in [-0.4, -0.2) is 11.8 Å². The molecule has 1 fully saturated rings. The summed E-state index contributed by atoms with van der Waals surface area (Å²) < 4.78 is 13.4. The Bertz CT molecular complexity index is 476. The van der Waals surface area contributed by atoms with Gasteiger partial charge in [-0.25, -0.2) is 4.39 Å². The maximum atomic E-state index is 13.0. The van der Waals surface area contributed by atoms with Crippen LogP contribution in [0.15, 0.2) is 22.7 Å². The molecule has 0 saturated carbocycles. The van der Waals surface area contributed by atoms with E-state index in [0.29, 0.717) is 23.7 Å². The Morgan fingerprint density at radius 1 is 1.41 bits per heavy atom. The molecule has 3 nitrogen and oxygen atoms in total. The summed E-state index contributed by atoms with van der Waals surface area (Å²) in [4.78, 5) is 22.5. The summed E-state index contributed by atoms with van der Waals surface area (Å²) in [5, 5.41) is 2.31. The molecule has 1 saturated heterocycles. The van der Waals surface area contributed by atoms with E-state index in [2.05, 4.69) is 21.2 Å². The minimum atomic E-state index is -0.322. The molecule has 0 aliphatic carbocycles. The number of halogens is 2. The van der Waals surface area contributed by atoms with Gasteiger partial charge in [-0.1, -0.05) is 6.07 Å². The minimum Gasteiger partial charge on any atom is -0.296 e. The number of piperidine rings is 1. The summed E-state index contributed by atoms with van der Waals surface area (Å²) in [6, 6.07) is 4.69. The molecule has 2 rings (SSSR count). The maximum absolute atomic E-state index is 13.0. The summed E-state index contributed by atoms with van der Waals surface area (Å²) in [5.41, 5.74) is 0.882. The molecule has 1 unspecified atom stereocenters. The van der Waals surface area contributed by atoms with Crippen LogP contribution in [-0.2, 0) is 16.0 Å². The molecule has 1 aliphatic heterocycles. The molecule has 1 aliphatic rings. The number of hydrogen-bond donors (Lipinski definition) is 1. The van der Waals surface area contributed by atoms with Crippen LogP contribution in [0.1, 0.15) is 18.4 Å². The van der Waals surface area contributed by atoms with Crippen molar-refractivity contribution in [2.45, 2.75) is 19.3 Å². The molecule has 1 heterocycles. The van der Waals surface area contributed by atoms with E-state index in [1.54, 1.807) is 12.1 Å². The second-order valence-corrected chi connectivity index (χ2v) is 4.95. The standard InChI is InChI=1S/C12H11BrFNO2/c13-9-6-7(1-3-10(9)14)5-8-2-4-11(16)15-12(8)17/h1,3,6,8H,2,4-5H2,(H,15,16,17). The molecule has 0 radical (unpaired) electrons. The van der Waals surface area contributed by atoms with E-state index in [-0.39, 0.29) is 23.5 Å². The molecule has 1 N–H and O–H groups in total. The lowest BCUT2D eigenvalue weighted by Gasteiger charge is -2.20. The molecule has 17 heavy (non-hydrogen) atoms. The highest BCUT2D eigenvalue weighted by Gasteiger charge is 2.26. The number of imide groups is 1. The number of carbonyl (C=O) groups excluding carboxylic acids is 2. The van der Waals surface area contributed by atoms with Crippen molar-refractivity contribution in [1.29, 1.82) is 0 Å². The van der Waals surface area contributed by atoms with E-state index in [1.165, 1.54) is 6.07 Å². The fourth-order valence-electron chi connectivity index (χ4n) is 1.88. The number of rotatable bonds is 2. The van der Waals surface area contributed by atoms with Crippen molar-refractivity contribution in [1.82, 2.24) is 5.32 Å². The van der Waals surface area contributed by atoms with E-state index in [0.717, 1.165) is 5.56 Å². The van der Waals surface area contributed by atoms with Gasteiger partial charge in [0.25, 0.3) is 0 Å². The Labute approximate surface area is 107 Å². The highest BCUT2D eigenvalue weighted by atomic mass is 79.9. The van der Waals surface area contributed by atoms with Gasteiger partial charge in [0.2, 0.25) is 11.8 Å². The second-order valence-electron chi connectivity index (χ2n) is 4.10. The number of nitrogens with one attached hydrogen (secondary N) is 1. The van der Waals surface area contributed by atoms with Gasteiger partial charge >= 0.3 is 0 Å². The predicted molar refractivity (Wildman–Crippen MR) is 63.7 cm³/mol. The smallest absolute Gasteiger partial charge is 0.230 e. The first-order valence-electron chi connectivity index (χ1n) is 5.34. The Hall–Kier alpha value is -1.23. The normalized spacial score (nSPS) is 20.2. The quantitative estimate of drug-likeness (QED) is 0.851. The van der Waals surface area contributed by atoms with Gasteiger partial charge in [-0.15, -0.1) is 0 Å². The molecule has 1 aromatic rings. The summed E-state index contributed by atoms with van der Waals surface area (Å²) in [6.07, 6.45) is 1.45. The largest absolute Gasteiger partial charge is 0.296 e. The van der Waals surface area contributed by atoms with Crippen molar-refractivity contribution in [2.75, 3.05) is 0 Å². The van der Waals surface area contributed by atoms with Gasteiger partial charge in [0, 0.05) is 12.3 Å². The number of hydrogen-bond acceptors (Lipinski definition) is 2. The van der Waals surface area contributed by atoms with Gasteiger partial charge in [-0.2, -0.15) is 0 Å². The van der Waals surface area contributed by atoms with E-state index >= 15 is 0 Å². The molecule has 0 spiro atoms. The Kier molecular flexibility index (Phi) is 3.57. The zero-order valence-electron chi connectivity index (χ0n) is 9.00. The summed E-state index contributed by atoms with van der Waals surface area (Å²) in [7, 11) is 0. The average molecular weight is 300 g/mol. The molecule has 90 valence electrons. The van der Waals surface area contributed by atoms with Crippen molar-refractivity contribution in [3.05, 3.63) is 34.1 Å². The fraction of sp³-hybridized carbons (Fsp3) is 0.333. The summed E-state index contributed by atoms with van der Waals surface area (Å²) >= 11 is 3.11. The van der Waals surface area contributed by atoms with Crippen LogP contribution in [0.2, 0.25) is 0 Å². The molecular formula is C12H11BrFNO2. The van der Waals surface area contributed by atoms with Crippen LogP contribution < -0.4 is 5.32 Å². The number of benzene rings is 1. The maximum Gasteiger partial charge on any atom is 0.230 e. The van der Waals surface area contributed by atoms with Crippen LogP contribution in [0, 0.1) is 11.7 Å². The number of amides is 2. The highest BCUT2D eigenvalue weighted by molar-refractivity contribution is 9.10. The lowest BCUT2D eigenvalue weighted by molar-refractivity contribution is -0.136. The monoisotopic (exact) mass is 299 g/mol. The lowest BCUT2D eigenvalue weighted by atomic mass is 9.91. The third kappa shape index (κ3) is 2.91. The van der Waals surface area contributed by atoms with Gasteiger partial charge in [-0.3, -0.25) is 14.9 Å². The van der Waals surface area contributed by atoms with Gasteiger partial charge in [0.05, 0.1) is 4.47 Å². The Morgan fingerprint density at radius 2 is 2.18 bits per heavy atom. The van der Waals surface area contributed by atoms with Gasteiger partial charge in [0.15, 0.2) is 0 Å². The SMILES string of the molecule is O=C1CCC(Cc2ccc(F)c(Br)c2)C(=O)N1. The zero-order chi connectivity index (χ0) is 12.4. The van der Waals surface area contributed by atoms with E-state index in [9.17, 15) is 14.0 Å². The van der Waals surface area contributed by atoms with Crippen LogP contribution in [0.4, 0.5) is 4.39 Å². The zero-order valence-corrected chi connectivity index (χ0v) is 10.6. The number of carbonyl (C=O) groups is 2. The minimum absolute atomic E-state index is 0.204. The molecule has 1 aromatic carbocycles. The fourth-order valence-corrected chi connectivity index (χ4v) is 2.31. The molecule has 5 heteroatoms. The van der Waals surface area contributed by atoms with Crippen molar-refractivity contribution >= 4 is 27.7 Å². The Morgan fingerprint density at radius 3 is 2.82 bits per heavy atom.